The molecule has 0 spiro atoms. The molecule has 1 saturated heterocycles. The van der Waals surface area contributed by atoms with E-state index >= 15 is 0 Å². The minimum Gasteiger partial charge on any atom is -0.507 e. The summed E-state index contributed by atoms with van der Waals surface area (Å²) in [4.78, 5) is 28.3. The van der Waals surface area contributed by atoms with Gasteiger partial charge < -0.3 is 14.6 Å². The van der Waals surface area contributed by atoms with Crippen LogP contribution in [0.5, 0.6) is 11.5 Å². The van der Waals surface area contributed by atoms with Gasteiger partial charge in [-0.15, -0.1) is 0 Å². The van der Waals surface area contributed by atoms with Gasteiger partial charge in [0, 0.05) is 16.8 Å². The highest BCUT2D eigenvalue weighted by atomic mass is 16.5. The Hall–Kier alpha value is -4.06. The van der Waals surface area contributed by atoms with E-state index in [1.54, 1.807) is 31.4 Å². The van der Waals surface area contributed by atoms with E-state index in [0.29, 0.717) is 34.9 Å². The van der Waals surface area contributed by atoms with Crippen molar-refractivity contribution in [2.75, 3.05) is 18.6 Å². The number of Topliss-reactive ketones (excluding diaryl/α,β-unsaturated/α-hetero) is 1. The van der Waals surface area contributed by atoms with Crippen molar-refractivity contribution in [3.63, 3.8) is 0 Å². The lowest BCUT2D eigenvalue weighted by atomic mass is 9.84. The second-order valence-electron chi connectivity index (χ2n) is 10.2. The van der Waals surface area contributed by atoms with Gasteiger partial charge in [0.05, 0.1) is 25.3 Å². The molecular formula is C31H33NO5. The van der Waals surface area contributed by atoms with Crippen molar-refractivity contribution < 1.29 is 24.2 Å². The number of ether oxygens (including phenoxy) is 2. The summed E-state index contributed by atoms with van der Waals surface area (Å²) in [6.45, 7) is 10.5. The molecule has 37 heavy (non-hydrogen) atoms. The minimum atomic E-state index is -0.807. The van der Waals surface area contributed by atoms with Gasteiger partial charge >= 0.3 is 0 Å². The number of anilines is 1. The average Bonchev–Trinajstić information content (AvgIpc) is 3.14. The Morgan fingerprint density at radius 1 is 0.973 bits per heavy atom. The number of benzene rings is 3. The van der Waals surface area contributed by atoms with Gasteiger partial charge in [0.2, 0.25) is 0 Å². The van der Waals surface area contributed by atoms with Crippen LogP contribution >= 0.6 is 0 Å². The van der Waals surface area contributed by atoms with E-state index in [0.717, 1.165) is 11.1 Å². The second kappa shape index (κ2) is 10.1. The van der Waals surface area contributed by atoms with Crippen molar-refractivity contribution in [3.05, 3.63) is 94.6 Å². The average molecular weight is 500 g/mol. The summed E-state index contributed by atoms with van der Waals surface area (Å²) in [5.41, 5.74) is 3.40. The van der Waals surface area contributed by atoms with Gasteiger partial charge in [-0.05, 0) is 67.3 Å². The maximum Gasteiger partial charge on any atom is 0.300 e. The molecule has 192 valence electrons. The van der Waals surface area contributed by atoms with Crippen LogP contribution in [-0.4, -0.2) is 30.5 Å². The Morgan fingerprint density at radius 2 is 1.62 bits per heavy atom. The zero-order chi connectivity index (χ0) is 26.9. The van der Waals surface area contributed by atoms with Crippen LogP contribution in [0.4, 0.5) is 5.69 Å². The predicted molar refractivity (Wildman–Crippen MR) is 145 cm³/mol. The molecule has 4 rings (SSSR count). The molecule has 0 radical (unpaired) electrons. The molecule has 1 N–H and O–H groups in total. The van der Waals surface area contributed by atoms with Crippen LogP contribution in [-0.2, 0) is 15.0 Å². The maximum absolute atomic E-state index is 13.5. The zero-order valence-corrected chi connectivity index (χ0v) is 22.2. The first kappa shape index (κ1) is 26.0. The van der Waals surface area contributed by atoms with E-state index in [4.69, 9.17) is 9.47 Å². The molecule has 1 amide bonds. The van der Waals surface area contributed by atoms with Crippen LogP contribution in [0.3, 0.4) is 0 Å². The Balaban J connectivity index is 1.93. The van der Waals surface area contributed by atoms with E-state index < -0.39 is 17.7 Å². The molecule has 1 fully saturated rings. The highest BCUT2D eigenvalue weighted by molar-refractivity contribution is 6.51. The lowest BCUT2D eigenvalue weighted by Gasteiger charge is -2.26. The van der Waals surface area contributed by atoms with Crippen molar-refractivity contribution in [1.82, 2.24) is 0 Å². The smallest absolute Gasteiger partial charge is 0.300 e. The van der Waals surface area contributed by atoms with Gasteiger partial charge in [0.15, 0.2) is 0 Å². The zero-order valence-electron chi connectivity index (χ0n) is 22.2. The number of ketones is 1. The molecule has 0 saturated carbocycles. The van der Waals surface area contributed by atoms with E-state index in [1.807, 2.05) is 77.1 Å². The molecule has 1 aliphatic heterocycles. The largest absolute Gasteiger partial charge is 0.507 e. The molecule has 1 heterocycles. The Kier molecular flexibility index (Phi) is 7.12. The molecule has 0 aromatic heterocycles. The van der Waals surface area contributed by atoms with Crippen molar-refractivity contribution in [2.45, 2.75) is 46.1 Å². The summed E-state index contributed by atoms with van der Waals surface area (Å²) < 4.78 is 11.1. The van der Waals surface area contributed by atoms with E-state index in [1.165, 1.54) is 4.90 Å². The minimum absolute atomic E-state index is 0.0414. The van der Waals surface area contributed by atoms with Crippen molar-refractivity contribution in [2.24, 2.45) is 0 Å². The van der Waals surface area contributed by atoms with Gasteiger partial charge in [-0.2, -0.15) is 0 Å². The SMILES string of the molecule is CCOc1ccc(C2/C(=C(/O)c3ccc(OC)c(C(C)(C)C)c3)C(=O)C(=O)N2c2ccc(C)cc2)cc1. The van der Waals surface area contributed by atoms with Gasteiger partial charge in [-0.3, -0.25) is 14.5 Å². The number of carbonyl (C=O) groups is 2. The van der Waals surface area contributed by atoms with Crippen LogP contribution in [0.1, 0.15) is 56.0 Å². The highest BCUT2D eigenvalue weighted by Crippen LogP contribution is 2.43. The lowest BCUT2D eigenvalue weighted by Crippen LogP contribution is -2.29. The number of nitrogens with zero attached hydrogens (tertiary/aromatic N) is 1. The fourth-order valence-electron chi connectivity index (χ4n) is 4.63. The van der Waals surface area contributed by atoms with E-state index in [-0.39, 0.29) is 16.7 Å². The van der Waals surface area contributed by atoms with Gasteiger partial charge in [0.25, 0.3) is 11.7 Å². The molecule has 0 aliphatic carbocycles. The summed E-state index contributed by atoms with van der Waals surface area (Å²) >= 11 is 0. The fraction of sp³-hybridized carbons (Fsp3) is 0.290. The Morgan fingerprint density at radius 3 is 2.19 bits per heavy atom. The first-order valence-electron chi connectivity index (χ1n) is 12.4. The molecule has 3 aromatic carbocycles. The second-order valence-corrected chi connectivity index (χ2v) is 10.2. The van der Waals surface area contributed by atoms with E-state index in [2.05, 4.69) is 0 Å². The normalized spacial score (nSPS) is 17.2. The standard InChI is InChI=1S/C31H33NO5/c1-7-37-23-15-10-20(11-16-23)27-26(29(34)30(35)32(27)22-13-8-19(2)9-14-22)28(33)21-12-17-25(36-6)24(18-21)31(3,4)5/h8-18,27,33H,7H2,1-6H3/b28-26-. The molecule has 6 nitrogen and oxygen atoms in total. The molecule has 3 aromatic rings. The number of aliphatic hydroxyl groups excluding tert-OH is 1. The number of aliphatic hydroxyl groups is 1. The summed E-state index contributed by atoms with van der Waals surface area (Å²) in [6, 6.07) is 19.2. The molecule has 1 unspecified atom stereocenters. The van der Waals surface area contributed by atoms with Crippen LogP contribution in [0.15, 0.2) is 72.3 Å². The summed E-state index contributed by atoms with van der Waals surface area (Å²) in [5.74, 6) is -0.269. The van der Waals surface area contributed by atoms with Crippen molar-refractivity contribution >= 4 is 23.1 Å². The maximum atomic E-state index is 13.5. The molecule has 6 heteroatoms. The summed E-state index contributed by atoms with van der Waals surface area (Å²) in [7, 11) is 1.60. The van der Waals surface area contributed by atoms with Crippen LogP contribution in [0, 0.1) is 6.92 Å². The topological polar surface area (TPSA) is 76.1 Å². The third-order valence-electron chi connectivity index (χ3n) is 6.54. The molecule has 0 bridgehead atoms. The Labute approximate surface area is 218 Å². The lowest BCUT2D eigenvalue weighted by molar-refractivity contribution is -0.132. The molecular weight excluding hydrogens is 466 g/mol. The third-order valence-corrected chi connectivity index (χ3v) is 6.54. The number of carbonyl (C=O) groups excluding carboxylic acids is 2. The van der Waals surface area contributed by atoms with Crippen LogP contribution in [0.2, 0.25) is 0 Å². The van der Waals surface area contributed by atoms with Gasteiger partial charge in [-0.1, -0.05) is 50.6 Å². The number of hydrogen-bond acceptors (Lipinski definition) is 5. The van der Waals surface area contributed by atoms with E-state index in [9.17, 15) is 14.7 Å². The first-order valence-corrected chi connectivity index (χ1v) is 12.4. The van der Waals surface area contributed by atoms with Gasteiger partial charge in [0.1, 0.15) is 17.3 Å². The first-order chi connectivity index (χ1) is 17.6. The molecule has 1 atom stereocenters. The van der Waals surface area contributed by atoms with Crippen molar-refractivity contribution in [1.29, 1.82) is 0 Å². The highest BCUT2D eigenvalue weighted by Gasteiger charge is 2.47. The summed E-state index contributed by atoms with van der Waals surface area (Å²) in [5, 5.41) is 11.6. The summed E-state index contributed by atoms with van der Waals surface area (Å²) in [6.07, 6.45) is 0. The number of amides is 1. The number of hydrogen-bond donors (Lipinski definition) is 1. The molecule has 1 aliphatic rings. The number of rotatable bonds is 6. The third kappa shape index (κ3) is 4.96. The fourth-order valence-corrected chi connectivity index (χ4v) is 4.63. The Bertz CT molecular complexity index is 1350. The van der Waals surface area contributed by atoms with Crippen molar-refractivity contribution in [3.8, 4) is 11.5 Å². The quantitative estimate of drug-likeness (QED) is 0.244. The van der Waals surface area contributed by atoms with Crippen LogP contribution in [0.25, 0.3) is 5.76 Å². The monoisotopic (exact) mass is 499 g/mol. The van der Waals surface area contributed by atoms with Crippen LogP contribution < -0.4 is 14.4 Å². The van der Waals surface area contributed by atoms with Gasteiger partial charge in [-0.25, -0.2) is 0 Å². The number of aryl methyl sites for hydroxylation is 1. The predicted octanol–water partition coefficient (Wildman–Crippen LogP) is 6.33. The number of methoxy groups -OCH3 is 1.